The lowest BCUT2D eigenvalue weighted by Crippen LogP contribution is -2.43. The van der Waals surface area contributed by atoms with Gasteiger partial charge >= 0.3 is 12.2 Å². The van der Waals surface area contributed by atoms with Crippen LogP contribution in [-0.4, -0.2) is 96.0 Å². The summed E-state index contributed by atoms with van der Waals surface area (Å²) >= 11 is 0. The van der Waals surface area contributed by atoms with E-state index in [1.807, 2.05) is 72.8 Å². The van der Waals surface area contributed by atoms with Crippen molar-refractivity contribution in [3.63, 3.8) is 0 Å². The smallest absolute Gasteiger partial charge is 0.407 e. The number of nitrogens with one attached hydrogen (secondary N) is 3. The van der Waals surface area contributed by atoms with Gasteiger partial charge in [-0.2, -0.15) is 0 Å². The molecule has 5 heterocycles. The SMILES string of the molecule is COC(=O)N[C@@H](C(=O)N1CCC[C@H]1c1ncc(-c2ccc(-c3ccc(-c4cnc([C@@H]5CCCN5C(=O)[C@@H](c5ccccc5)N(C)C(=O)O)[nH]4)cn3)cc2)[nH]1)c1ccccc1. The molecule has 0 radical (unpaired) electrons. The molecule has 60 heavy (non-hydrogen) atoms. The Bertz CT molecular complexity index is 2450. The number of methoxy groups -OCH3 is 1. The van der Waals surface area contributed by atoms with Crippen molar-refractivity contribution >= 4 is 24.0 Å². The molecule has 4 amide bonds. The molecule has 2 aliphatic heterocycles. The maximum atomic E-state index is 14.0. The van der Waals surface area contributed by atoms with Gasteiger partial charge < -0.3 is 34.9 Å². The number of H-pyrrole nitrogens is 2. The summed E-state index contributed by atoms with van der Waals surface area (Å²) in [4.78, 5) is 77.5. The number of pyridine rings is 1. The Hall–Kier alpha value is -7.29. The van der Waals surface area contributed by atoms with Gasteiger partial charge in [-0.3, -0.25) is 19.5 Å². The van der Waals surface area contributed by atoms with Crippen LogP contribution in [0.3, 0.4) is 0 Å². The molecule has 0 aliphatic carbocycles. The fourth-order valence-electron chi connectivity index (χ4n) is 8.19. The van der Waals surface area contributed by atoms with E-state index in [1.165, 1.54) is 14.2 Å². The van der Waals surface area contributed by atoms with Crippen molar-refractivity contribution in [2.24, 2.45) is 0 Å². The van der Waals surface area contributed by atoms with Crippen molar-refractivity contribution in [1.29, 1.82) is 0 Å². The number of ether oxygens (including phenoxy) is 1. The van der Waals surface area contributed by atoms with Crippen LogP contribution in [0.25, 0.3) is 33.8 Å². The van der Waals surface area contributed by atoms with Gasteiger partial charge in [0.05, 0.1) is 48.7 Å². The molecule has 306 valence electrons. The van der Waals surface area contributed by atoms with Gasteiger partial charge in [0.25, 0.3) is 11.8 Å². The molecule has 0 spiro atoms. The third-order valence-electron chi connectivity index (χ3n) is 11.3. The Morgan fingerprint density at radius 2 is 1.23 bits per heavy atom. The number of benzene rings is 3. The number of imidazole rings is 2. The van der Waals surface area contributed by atoms with Crippen LogP contribution in [0.15, 0.2) is 116 Å². The Balaban J connectivity index is 0.933. The first kappa shape index (κ1) is 39.5. The molecule has 2 aliphatic rings. The monoisotopic (exact) mass is 807 g/mol. The van der Waals surface area contributed by atoms with E-state index in [-0.39, 0.29) is 23.9 Å². The predicted molar refractivity (Wildman–Crippen MR) is 222 cm³/mol. The topological polar surface area (TPSA) is 190 Å². The van der Waals surface area contributed by atoms with E-state index in [1.54, 1.807) is 52.7 Å². The van der Waals surface area contributed by atoms with Crippen LogP contribution < -0.4 is 5.32 Å². The molecule has 3 aromatic heterocycles. The van der Waals surface area contributed by atoms with E-state index in [0.717, 1.165) is 57.9 Å². The normalized spacial score (nSPS) is 17.2. The van der Waals surface area contributed by atoms with Crippen LogP contribution in [0.1, 0.15) is 72.6 Å². The first-order chi connectivity index (χ1) is 29.2. The van der Waals surface area contributed by atoms with Crippen molar-refractivity contribution in [2.45, 2.75) is 49.9 Å². The van der Waals surface area contributed by atoms with Gasteiger partial charge in [0, 0.05) is 37.5 Å². The average molecular weight is 808 g/mol. The number of likely N-dealkylation sites (N-methyl/N-ethyl adjacent to an activating group) is 1. The molecule has 3 aromatic carbocycles. The summed E-state index contributed by atoms with van der Waals surface area (Å²) in [7, 11) is 2.69. The molecule has 8 rings (SSSR count). The summed E-state index contributed by atoms with van der Waals surface area (Å²) in [5.74, 6) is 0.808. The molecule has 4 N–H and O–H groups in total. The molecule has 0 bridgehead atoms. The van der Waals surface area contributed by atoms with Crippen LogP contribution in [0.5, 0.6) is 0 Å². The molecule has 0 saturated carbocycles. The van der Waals surface area contributed by atoms with Crippen molar-refractivity contribution in [3.05, 3.63) is 138 Å². The average Bonchev–Trinajstić information content (AvgIpc) is 4.13. The van der Waals surface area contributed by atoms with Gasteiger partial charge in [0.2, 0.25) is 0 Å². The minimum atomic E-state index is -1.18. The number of nitrogens with zero attached hydrogens (tertiary/aromatic N) is 6. The third-order valence-corrected chi connectivity index (χ3v) is 11.3. The second kappa shape index (κ2) is 17.3. The van der Waals surface area contributed by atoms with E-state index >= 15 is 0 Å². The highest BCUT2D eigenvalue weighted by atomic mass is 16.5. The van der Waals surface area contributed by atoms with Gasteiger partial charge in [-0.05, 0) is 54.5 Å². The number of carbonyl (C=O) groups is 4. The zero-order valence-corrected chi connectivity index (χ0v) is 33.2. The standard InChI is InChI=1S/C45H45N9O6/c1-52(45(58)59)39(31-13-7-4-8-14-31)43(56)54-24-10-16-37(54)41-48-27-35(50-41)32-21-22-33(46-25-32)28-17-19-29(20-18-28)34-26-47-40(49-34)36-15-9-23-53(36)42(55)38(51-44(57)60-2)30-11-5-3-6-12-30/h3-8,11-14,17-22,25-27,36-39H,9-10,15-16,23-24H2,1-2H3,(H,47,49)(H,48,50)(H,51,57)(H,58,59)/t36-,37-,38+,39+/m0/s1. The summed E-state index contributed by atoms with van der Waals surface area (Å²) in [6, 6.07) is 27.5. The second-order valence-electron chi connectivity index (χ2n) is 14.9. The van der Waals surface area contributed by atoms with Crippen molar-refractivity contribution in [1.82, 2.24) is 44.9 Å². The van der Waals surface area contributed by atoms with Crippen LogP contribution >= 0.6 is 0 Å². The lowest BCUT2D eigenvalue weighted by atomic mass is 10.0. The minimum absolute atomic E-state index is 0.227. The second-order valence-corrected chi connectivity index (χ2v) is 14.9. The molecule has 6 aromatic rings. The van der Waals surface area contributed by atoms with Crippen LogP contribution in [-0.2, 0) is 14.3 Å². The number of hydrogen-bond donors (Lipinski definition) is 4. The lowest BCUT2D eigenvalue weighted by Gasteiger charge is -2.32. The quantitative estimate of drug-likeness (QED) is 0.104. The highest BCUT2D eigenvalue weighted by Gasteiger charge is 2.40. The third kappa shape index (κ3) is 8.06. The zero-order valence-electron chi connectivity index (χ0n) is 33.2. The van der Waals surface area contributed by atoms with Crippen LogP contribution in [0.4, 0.5) is 9.59 Å². The van der Waals surface area contributed by atoms with Crippen molar-refractivity contribution in [2.75, 3.05) is 27.2 Å². The van der Waals surface area contributed by atoms with Gasteiger partial charge in [0.1, 0.15) is 23.7 Å². The summed E-state index contributed by atoms with van der Waals surface area (Å²) in [5.41, 5.74) is 6.32. The molecule has 2 fully saturated rings. The Labute approximate surface area is 346 Å². The highest BCUT2D eigenvalue weighted by molar-refractivity contribution is 5.88. The lowest BCUT2D eigenvalue weighted by molar-refractivity contribution is -0.137. The molecule has 15 nitrogen and oxygen atoms in total. The fraction of sp³-hybridized carbons (Fsp3) is 0.267. The summed E-state index contributed by atoms with van der Waals surface area (Å²) in [6.45, 7) is 1.04. The maximum absolute atomic E-state index is 14.0. The van der Waals surface area contributed by atoms with E-state index in [2.05, 4.69) is 25.3 Å². The Morgan fingerprint density at radius 1 is 0.700 bits per heavy atom. The molecule has 2 saturated heterocycles. The molecular formula is C45H45N9O6. The van der Waals surface area contributed by atoms with E-state index in [4.69, 9.17) is 9.72 Å². The van der Waals surface area contributed by atoms with E-state index < -0.39 is 24.3 Å². The molecule has 0 unspecified atom stereocenters. The highest BCUT2D eigenvalue weighted by Crippen LogP contribution is 2.37. The number of alkyl carbamates (subject to hydrolysis) is 1. The first-order valence-corrected chi connectivity index (χ1v) is 19.9. The number of aromatic nitrogens is 5. The zero-order chi connectivity index (χ0) is 41.8. The summed E-state index contributed by atoms with van der Waals surface area (Å²) in [5, 5.41) is 12.5. The van der Waals surface area contributed by atoms with Gasteiger partial charge in [-0.25, -0.2) is 19.6 Å². The van der Waals surface area contributed by atoms with E-state index in [0.29, 0.717) is 42.3 Å². The number of aromatic amines is 2. The number of hydrogen-bond acceptors (Lipinski definition) is 8. The summed E-state index contributed by atoms with van der Waals surface area (Å²) in [6.07, 6.45) is 6.44. The predicted octanol–water partition coefficient (Wildman–Crippen LogP) is 7.30. The number of likely N-dealkylation sites (tertiary alicyclic amines) is 2. The largest absolute Gasteiger partial charge is 0.465 e. The molecule has 4 atom stereocenters. The number of carbonyl (C=O) groups excluding carboxylic acids is 3. The maximum Gasteiger partial charge on any atom is 0.407 e. The number of rotatable bonds is 11. The fourth-order valence-corrected chi connectivity index (χ4v) is 8.19. The van der Waals surface area contributed by atoms with Crippen molar-refractivity contribution in [3.8, 4) is 33.8 Å². The molecule has 15 heteroatoms. The number of amides is 4. The number of carboxylic acid groups (broad SMARTS) is 1. The molecular weight excluding hydrogens is 763 g/mol. The van der Waals surface area contributed by atoms with Crippen LogP contribution in [0, 0.1) is 0 Å². The van der Waals surface area contributed by atoms with Gasteiger partial charge in [0.15, 0.2) is 0 Å². The first-order valence-electron chi connectivity index (χ1n) is 19.9. The minimum Gasteiger partial charge on any atom is -0.465 e. The van der Waals surface area contributed by atoms with Gasteiger partial charge in [-0.1, -0.05) is 84.9 Å². The van der Waals surface area contributed by atoms with E-state index in [9.17, 15) is 24.3 Å². The Kier molecular flexibility index (Phi) is 11.4. The van der Waals surface area contributed by atoms with Crippen molar-refractivity contribution < 1.29 is 29.0 Å². The van der Waals surface area contributed by atoms with Gasteiger partial charge in [-0.15, -0.1) is 0 Å². The summed E-state index contributed by atoms with van der Waals surface area (Å²) < 4.78 is 4.82. The van der Waals surface area contributed by atoms with Crippen LogP contribution in [0.2, 0.25) is 0 Å². The Morgan fingerprint density at radius 3 is 1.78 bits per heavy atom.